The third-order valence-corrected chi connectivity index (χ3v) is 5.72. The largest absolute Gasteiger partial charge is 0.454 e. The number of likely N-dealkylation sites (tertiary alicyclic amines) is 1. The number of nitrogens with two attached hydrogens (primary N) is 1. The van der Waals surface area contributed by atoms with Crippen LogP contribution < -0.4 is 26.2 Å². The lowest BCUT2D eigenvalue weighted by Crippen LogP contribution is -2.45. The molecule has 3 aromatic carbocycles. The van der Waals surface area contributed by atoms with Gasteiger partial charge in [-0.05, 0) is 61.7 Å². The molecule has 6 nitrogen and oxygen atoms in total. The molecule has 3 aromatic rings. The molecule has 0 aliphatic carbocycles. The highest BCUT2D eigenvalue weighted by Crippen LogP contribution is 2.32. The van der Waals surface area contributed by atoms with Gasteiger partial charge in [0.15, 0.2) is 16.9 Å². The second-order valence-electron chi connectivity index (χ2n) is 7.93. The summed E-state index contributed by atoms with van der Waals surface area (Å²) in [5.74, 6) is 6.97. The van der Waals surface area contributed by atoms with E-state index < -0.39 is 0 Å². The fraction of sp³-hybridized carbons (Fsp3) is 0.320. The lowest BCUT2D eigenvalue weighted by Gasteiger charge is -2.31. The van der Waals surface area contributed by atoms with E-state index in [-0.39, 0.29) is 12.2 Å². The van der Waals surface area contributed by atoms with Gasteiger partial charge in [0, 0.05) is 18.2 Å². The molecule has 6 heteroatoms. The molecule has 0 saturated carbocycles. The third-order valence-electron chi connectivity index (χ3n) is 5.72. The highest BCUT2D eigenvalue weighted by molar-refractivity contribution is 5.73. The minimum atomic E-state index is 0.118. The van der Waals surface area contributed by atoms with E-state index in [9.17, 15) is 4.79 Å². The zero-order valence-electron chi connectivity index (χ0n) is 17.6. The average molecular weight is 420 g/mol. The standard InChI is InChI=1S/C13H21N3.C12H8O3/c14-15-13-7-10-16(11-8-13)9-6-12-4-2-1-3-5-12;13-10-6-9(10)3-1-8-2-4-11-12(5-8)15-7-14-11/h1-5,13,15H,6-11,14H2;1-6H,7H2. The Morgan fingerprint density at radius 3 is 2.45 bits per heavy atom. The summed E-state index contributed by atoms with van der Waals surface area (Å²) in [7, 11) is 0. The van der Waals surface area contributed by atoms with Crippen LogP contribution in [0.2, 0.25) is 0 Å². The number of hydrazine groups is 1. The van der Waals surface area contributed by atoms with E-state index in [0.29, 0.717) is 6.04 Å². The Kier molecular flexibility index (Phi) is 7.14. The molecule has 2 aliphatic rings. The predicted octanol–water partition coefficient (Wildman–Crippen LogP) is 2.98. The summed E-state index contributed by atoms with van der Waals surface area (Å²) in [6, 6.07) is 18.5. The summed E-state index contributed by atoms with van der Waals surface area (Å²) in [6.45, 7) is 3.79. The normalized spacial score (nSPS) is 16.5. The molecule has 0 aromatic heterocycles. The monoisotopic (exact) mass is 419 g/mol. The first-order valence-electron chi connectivity index (χ1n) is 10.8. The fourth-order valence-corrected chi connectivity index (χ4v) is 3.69. The van der Waals surface area contributed by atoms with Crippen molar-refractivity contribution in [3.05, 3.63) is 81.5 Å². The van der Waals surface area contributed by atoms with Gasteiger partial charge in [-0.25, -0.2) is 0 Å². The summed E-state index contributed by atoms with van der Waals surface area (Å²) in [5, 5.41) is 0. The van der Waals surface area contributed by atoms with Gasteiger partial charge in [-0.2, -0.15) is 0 Å². The van der Waals surface area contributed by atoms with Crippen molar-refractivity contribution in [2.75, 3.05) is 26.4 Å². The minimum Gasteiger partial charge on any atom is -0.454 e. The van der Waals surface area contributed by atoms with Crippen LogP contribution in [0.1, 0.15) is 29.5 Å². The maximum absolute atomic E-state index is 10.7. The first kappa shape index (κ1) is 21.3. The molecular weight excluding hydrogens is 390 g/mol. The molecule has 3 N–H and O–H groups in total. The van der Waals surface area contributed by atoms with Crippen molar-refractivity contribution in [2.24, 2.45) is 5.84 Å². The molecule has 1 saturated heterocycles. The first-order valence-corrected chi connectivity index (χ1v) is 10.8. The number of fused-ring (bicyclic) bond motifs is 1. The van der Waals surface area contributed by atoms with Crippen molar-refractivity contribution in [2.45, 2.75) is 25.3 Å². The number of hydrogen-bond donors (Lipinski definition) is 2. The van der Waals surface area contributed by atoms with Crippen LogP contribution in [0, 0.1) is 0 Å². The molecule has 31 heavy (non-hydrogen) atoms. The summed E-state index contributed by atoms with van der Waals surface area (Å²) in [5.41, 5.74) is 6.19. The predicted molar refractivity (Wildman–Crippen MR) is 124 cm³/mol. The van der Waals surface area contributed by atoms with Gasteiger partial charge in [0.05, 0.1) is 0 Å². The zero-order chi connectivity index (χ0) is 21.5. The maximum Gasteiger partial charge on any atom is 0.231 e. The molecule has 2 aliphatic heterocycles. The molecule has 0 atom stereocenters. The number of nitrogens with zero attached hydrogens (tertiary/aromatic N) is 1. The van der Waals surface area contributed by atoms with Crippen molar-refractivity contribution < 1.29 is 9.47 Å². The van der Waals surface area contributed by atoms with Crippen LogP contribution >= 0.6 is 0 Å². The third kappa shape index (κ3) is 6.28. The summed E-state index contributed by atoms with van der Waals surface area (Å²) in [4.78, 5) is 13.2. The number of nitrogens with one attached hydrogen (secondary N) is 1. The van der Waals surface area contributed by atoms with Gasteiger partial charge in [0.25, 0.3) is 0 Å². The second kappa shape index (κ2) is 10.4. The molecule has 0 radical (unpaired) electrons. The topological polar surface area (TPSA) is 76.8 Å². The van der Waals surface area contributed by atoms with Crippen molar-refractivity contribution in [1.82, 2.24) is 10.3 Å². The van der Waals surface area contributed by atoms with Crippen molar-refractivity contribution >= 4 is 12.2 Å². The SMILES string of the molecule is NNC1CCN(CCc2ccccc2)CC1.O=c1cc1C=Cc1ccc2c(c1)OCO2. The molecule has 2 heterocycles. The molecule has 1 fully saturated rings. The zero-order valence-corrected chi connectivity index (χ0v) is 17.6. The van der Waals surface area contributed by atoms with Crippen molar-refractivity contribution in [3.8, 4) is 11.5 Å². The van der Waals surface area contributed by atoms with E-state index in [2.05, 4.69) is 40.7 Å². The molecule has 5 rings (SSSR count). The van der Waals surface area contributed by atoms with Crippen LogP contribution in [0.5, 0.6) is 11.5 Å². The van der Waals surface area contributed by atoms with E-state index in [4.69, 9.17) is 15.3 Å². The number of benzene rings is 2. The Morgan fingerprint density at radius 2 is 1.74 bits per heavy atom. The van der Waals surface area contributed by atoms with Crippen LogP contribution in [-0.4, -0.2) is 37.4 Å². The summed E-state index contributed by atoms with van der Waals surface area (Å²) in [6.07, 6.45) is 7.19. The molecule has 162 valence electrons. The highest BCUT2D eigenvalue weighted by Gasteiger charge is 2.17. The smallest absolute Gasteiger partial charge is 0.231 e. The quantitative estimate of drug-likeness (QED) is 0.473. The Bertz CT molecular complexity index is 1000. The van der Waals surface area contributed by atoms with E-state index >= 15 is 0 Å². The molecule has 0 bridgehead atoms. The Balaban J connectivity index is 0.000000149. The van der Waals surface area contributed by atoms with E-state index in [0.717, 1.165) is 29.0 Å². The molecule has 0 spiro atoms. The number of hydrogen-bond acceptors (Lipinski definition) is 6. The lowest BCUT2D eigenvalue weighted by molar-refractivity contribution is 0.174. The fourth-order valence-electron chi connectivity index (χ4n) is 3.69. The van der Waals surface area contributed by atoms with E-state index in [1.165, 1.54) is 38.0 Å². The second-order valence-corrected chi connectivity index (χ2v) is 7.93. The van der Waals surface area contributed by atoms with E-state index in [1.807, 2.05) is 24.3 Å². The van der Waals surface area contributed by atoms with Crippen LogP contribution in [0.4, 0.5) is 0 Å². The summed E-state index contributed by atoms with van der Waals surface area (Å²) >= 11 is 0. The Labute approximate surface area is 182 Å². The first-order chi connectivity index (χ1) is 15.2. The van der Waals surface area contributed by atoms with Crippen LogP contribution in [0.25, 0.3) is 12.2 Å². The number of ether oxygens (including phenoxy) is 2. The van der Waals surface area contributed by atoms with Crippen molar-refractivity contribution in [3.63, 3.8) is 0 Å². The minimum absolute atomic E-state index is 0.118. The average Bonchev–Trinajstić information content (AvgIpc) is 3.33. The molecular formula is C25H29N3O3. The Morgan fingerprint density at radius 1 is 1.00 bits per heavy atom. The lowest BCUT2D eigenvalue weighted by atomic mass is 10.0. The van der Waals surface area contributed by atoms with Gasteiger partial charge in [-0.1, -0.05) is 48.6 Å². The van der Waals surface area contributed by atoms with Gasteiger partial charge in [0.2, 0.25) is 6.79 Å². The van der Waals surface area contributed by atoms with Crippen molar-refractivity contribution in [1.29, 1.82) is 0 Å². The van der Waals surface area contributed by atoms with Gasteiger partial charge in [0.1, 0.15) is 0 Å². The maximum atomic E-state index is 10.7. The number of piperidine rings is 1. The highest BCUT2D eigenvalue weighted by atomic mass is 16.7. The van der Waals surface area contributed by atoms with Crippen LogP contribution in [0.3, 0.4) is 0 Å². The van der Waals surface area contributed by atoms with Crippen LogP contribution in [0.15, 0.2) is 59.4 Å². The summed E-state index contributed by atoms with van der Waals surface area (Å²) < 4.78 is 10.4. The van der Waals surface area contributed by atoms with Gasteiger partial charge >= 0.3 is 0 Å². The van der Waals surface area contributed by atoms with Gasteiger partial charge in [-0.15, -0.1) is 0 Å². The van der Waals surface area contributed by atoms with Gasteiger partial charge < -0.3 is 14.4 Å². The van der Waals surface area contributed by atoms with Gasteiger partial charge in [-0.3, -0.25) is 16.1 Å². The number of rotatable bonds is 6. The van der Waals surface area contributed by atoms with E-state index in [1.54, 1.807) is 12.1 Å². The van der Waals surface area contributed by atoms with Crippen LogP contribution in [-0.2, 0) is 6.42 Å². The molecule has 0 amide bonds. The Hall–Kier alpha value is -2.93. The molecule has 0 unspecified atom stereocenters.